The van der Waals surface area contributed by atoms with E-state index < -0.39 is 6.10 Å². The van der Waals surface area contributed by atoms with Crippen molar-refractivity contribution in [3.63, 3.8) is 0 Å². The van der Waals surface area contributed by atoms with Gasteiger partial charge in [0, 0.05) is 6.42 Å². The van der Waals surface area contributed by atoms with Gasteiger partial charge in [-0.2, -0.15) is 0 Å². The smallest absolute Gasteiger partial charge is 0.220 e. The Labute approximate surface area is 176 Å². The van der Waals surface area contributed by atoms with Crippen LogP contribution in [0.2, 0.25) is 0 Å². The molecule has 0 aliphatic heterocycles. The molecule has 0 aromatic heterocycles. The first-order valence-corrected chi connectivity index (χ1v) is 12.6. The van der Waals surface area contributed by atoms with Crippen LogP contribution in [0.3, 0.4) is 0 Å². The first-order valence-electron chi connectivity index (χ1n) is 12.6. The average Bonchev–Trinajstić information content (AvgIpc) is 2.68. The maximum absolute atomic E-state index is 11.9. The van der Waals surface area contributed by atoms with Gasteiger partial charge in [0.05, 0.1) is 12.1 Å². The Hall–Kier alpha value is -0.570. The van der Waals surface area contributed by atoms with Crippen LogP contribution in [-0.2, 0) is 4.79 Å². The van der Waals surface area contributed by atoms with E-state index in [0.717, 1.165) is 25.7 Å². The fraction of sp³-hybridized carbons (Fsp3) is 0.960. The van der Waals surface area contributed by atoms with Crippen molar-refractivity contribution in [2.45, 2.75) is 155 Å². The van der Waals surface area contributed by atoms with Gasteiger partial charge in [-0.3, -0.25) is 4.79 Å². The lowest BCUT2D eigenvalue weighted by Gasteiger charge is -2.20. The molecule has 3 nitrogen and oxygen atoms in total. The summed E-state index contributed by atoms with van der Waals surface area (Å²) in [5.74, 6) is 0.0951. The molecule has 0 heterocycles. The summed E-state index contributed by atoms with van der Waals surface area (Å²) in [5.41, 5.74) is 0. The van der Waals surface area contributed by atoms with Crippen LogP contribution in [0.5, 0.6) is 0 Å². The Morgan fingerprint density at radius 1 is 0.679 bits per heavy atom. The van der Waals surface area contributed by atoms with Crippen molar-refractivity contribution in [3.05, 3.63) is 0 Å². The maximum Gasteiger partial charge on any atom is 0.220 e. The quantitative estimate of drug-likeness (QED) is 0.200. The summed E-state index contributed by atoms with van der Waals surface area (Å²) < 4.78 is 0. The van der Waals surface area contributed by atoms with Crippen LogP contribution in [0.15, 0.2) is 0 Å². The number of nitrogens with one attached hydrogen (secondary N) is 1. The number of carbonyl (C=O) groups is 1. The van der Waals surface area contributed by atoms with Gasteiger partial charge in [0.25, 0.3) is 0 Å². The van der Waals surface area contributed by atoms with Crippen LogP contribution in [0.1, 0.15) is 143 Å². The molecule has 3 heteroatoms. The second-order valence-electron chi connectivity index (χ2n) is 8.77. The fourth-order valence-corrected chi connectivity index (χ4v) is 3.76. The van der Waals surface area contributed by atoms with E-state index in [-0.39, 0.29) is 11.9 Å². The number of unbranched alkanes of at least 4 members (excludes halogenated alkanes) is 15. The normalized spacial score (nSPS) is 13.4. The number of hydrogen-bond acceptors (Lipinski definition) is 2. The van der Waals surface area contributed by atoms with Gasteiger partial charge in [-0.05, 0) is 19.8 Å². The lowest BCUT2D eigenvalue weighted by molar-refractivity contribution is -0.122. The first-order chi connectivity index (χ1) is 13.6. The molecule has 0 bridgehead atoms. The second-order valence-corrected chi connectivity index (χ2v) is 8.77. The zero-order valence-corrected chi connectivity index (χ0v) is 19.4. The molecule has 0 aliphatic carbocycles. The molecule has 0 fully saturated rings. The van der Waals surface area contributed by atoms with Gasteiger partial charge in [0.1, 0.15) is 0 Å². The minimum Gasteiger partial charge on any atom is -0.391 e. The number of hydrogen-bond donors (Lipinski definition) is 2. The Kier molecular flexibility index (Phi) is 20.7. The monoisotopic (exact) mass is 397 g/mol. The predicted octanol–water partition coefficient (Wildman–Crippen LogP) is 7.30. The molecule has 0 unspecified atom stereocenters. The zero-order valence-electron chi connectivity index (χ0n) is 19.4. The molecule has 0 spiro atoms. The molecule has 0 aromatic carbocycles. The van der Waals surface area contributed by atoms with Gasteiger partial charge in [-0.25, -0.2) is 0 Å². The zero-order chi connectivity index (χ0) is 20.9. The fourth-order valence-electron chi connectivity index (χ4n) is 3.76. The molecular formula is C25H51NO2. The van der Waals surface area contributed by atoms with E-state index in [1.54, 1.807) is 0 Å². The molecular weight excluding hydrogens is 346 g/mol. The number of carbonyl (C=O) groups excluding carboxylic acids is 1. The minimum absolute atomic E-state index is 0.0951. The summed E-state index contributed by atoms with van der Waals surface area (Å²) >= 11 is 0. The van der Waals surface area contributed by atoms with Crippen LogP contribution in [0.4, 0.5) is 0 Å². The van der Waals surface area contributed by atoms with Crippen molar-refractivity contribution in [1.82, 2.24) is 5.32 Å². The first kappa shape index (κ1) is 27.4. The summed E-state index contributed by atoms with van der Waals surface area (Å²) in [6.45, 7) is 6.40. The van der Waals surface area contributed by atoms with Gasteiger partial charge >= 0.3 is 0 Å². The highest BCUT2D eigenvalue weighted by Gasteiger charge is 2.15. The van der Waals surface area contributed by atoms with Crippen LogP contribution >= 0.6 is 0 Å². The summed E-state index contributed by atoms with van der Waals surface area (Å²) in [4.78, 5) is 11.9. The van der Waals surface area contributed by atoms with Crippen LogP contribution in [-0.4, -0.2) is 23.2 Å². The highest BCUT2D eigenvalue weighted by molar-refractivity contribution is 5.76. The largest absolute Gasteiger partial charge is 0.391 e. The lowest BCUT2D eigenvalue weighted by Crippen LogP contribution is -2.41. The molecule has 1 amide bonds. The molecule has 0 saturated carbocycles. The Morgan fingerprint density at radius 3 is 1.54 bits per heavy atom. The van der Waals surface area contributed by atoms with E-state index in [9.17, 15) is 9.90 Å². The summed E-state index contributed by atoms with van der Waals surface area (Å²) in [5, 5.41) is 13.2. The third-order valence-corrected chi connectivity index (χ3v) is 5.83. The molecule has 168 valence electrons. The average molecular weight is 398 g/mol. The summed E-state index contributed by atoms with van der Waals surface area (Å²) in [6.07, 6.45) is 22.8. The SMILES string of the molecule is CCCCCCCCCCCCCC[C@H](O)[C@@H](C)NC(=O)CCCCCCC. The van der Waals surface area contributed by atoms with Crippen molar-refractivity contribution in [2.24, 2.45) is 0 Å². The molecule has 0 radical (unpaired) electrons. The highest BCUT2D eigenvalue weighted by atomic mass is 16.3. The van der Waals surface area contributed by atoms with Gasteiger partial charge < -0.3 is 10.4 Å². The standard InChI is InChI=1S/C25H51NO2/c1-4-6-8-10-11-12-13-14-15-16-18-19-21-24(27)23(3)26-25(28)22-20-17-9-7-5-2/h23-24,27H,4-22H2,1-3H3,(H,26,28)/t23-,24+/m1/s1. The molecule has 0 saturated heterocycles. The van der Waals surface area contributed by atoms with Crippen LogP contribution < -0.4 is 5.32 Å². The summed E-state index contributed by atoms with van der Waals surface area (Å²) in [6, 6.07) is -0.129. The van der Waals surface area contributed by atoms with E-state index in [1.165, 1.54) is 89.9 Å². The molecule has 28 heavy (non-hydrogen) atoms. The molecule has 0 rings (SSSR count). The number of amides is 1. The summed E-state index contributed by atoms with van der Waals surface area (Å²) in [7, 11) is 0. The van der Waals surface area contributed by atoms with Crippen molar-refractivity contribution in [1.29, 1.82) is 0 Å². The molecule has 2 atom stereocenters. The van der Waals surface area contributed by atoms with Crippen molar-refractivity contribution in [3.8, 4) is 0 Å². The Morgan fingerprint density at radius 2 is 1.07 bits per heavy atom. The number of aliphatic hydroxyl groups excluding tert-OH is 1. The van der Waals surface area contributed by atoms with E-state index in [1.807, 2.05) is 6.92 Å². The predicted molar refractivity (Wildman–Crippen MR) is 123 cm³/mol. The van der Waals surface area contributed by atoms with Crippen LogP contribution in [0, 0.1) is 0 Å². The third kappa shape index (κ3) is 18.8. The lowest BCUT2D eigenvalue weighted by atomic mass is 10.0. The van der Waals surface area contributed by atoms with Crippen LogP contribution in [0.25, 0.3) is 0 Å². The minimum atomic E-state index is -0.410. The topological polar surface area (TPSA) is 49.3 Å². The molecule has 2 N–H and O–H groups in total. The van der Waals surface area contributed by atoms with E-state index >= 15 is 0 Å². The van der Waals surface area contributed by atoms with Crippen molar-refractivity contribution >= 4 is 5.91 Å². The second kappa shape index (κ2) is 21.1. The maximum atomic E-state index is 11.9. The Balaban J connectivity index is 3.45. The van der Waals surface area contributed by atoms with Crippen molar-refractivity contribution < 1.29 is 9.90 Å². The van der Waals surface area contributed by atoms with Gasteiger partial charge in [0.2, 0.25) is 5.91 Å². The van der Waals surface area contributed by atoms with E-state index in [0.29, 0.717) is 6.42 Å². The number of rotatable bonds is 21. The molecule has 0 aromatic rings. The van der Waals surface area contributed by atoms with E-state index in [2.05, 4.69) is 19.2 Å². The molecule has 0 aliphatic rings. The van der Waals surface area contributed by atoms with Gasteiger partial charge in [0.15, 0.2) is 0 Å². The van der Waals surface area contributed by atoms with Crippen molar-refractivity contribution in [2.75, 3.05) is 0 Å². The van der Waals surface area contributed by atoms with Gasteiger partial charge in [-0.15, -0.1) is 0 Å². The Bertz CT molecular complexity index is 333. The van der Waals surface area contributed by atoms with Gasteiger partial charge in [-0.1, -0.05) is 117 Å². The highest BCUT2D eigenvalue weighted by Crippen LogP contribution is 2.14. The number of aliphatic hydroxyl groups is 1. The van der Waals surface area contributed by atoms with E-state index in [4.69, 9.17) is 0 Å². The third-order valence-electron chi connectivity index (χ3n) is 5.83.